The molecule has 100 valence electrons. The summed E-state index contributed by atoms with van der Waals surface area (Å²) in [6, 6.07) is 11.1. The summed E-state index contributed by atoms with van der Waals surface area (Å²) in [6.45, 7) is 2.19. The Kier molecular flexibility index (Phi) is 5.69. The Bertz CT molecular complexity index is 582. The van der Waals surface area contributed by atoms with Gasteiger partial charge in [-0.2, -0.15) is 0 Å². The average Bonchev–Trinajstić information content (AvgIpc) is 2.36. The molecular formula is C14H14Br2N2O. The predicted molar refractivity (Wildman–Crippen MR) is 74.3 cm³/mol. The van der Waals surface area contributed by atoms with Crippen LogP contribution in [0.15, 0.2) is 47.1 Å². The van der Waals surface area contributed by atoms with E-state index >= 15 is 0 Å². The predicted octanol–water partition coefficient (Wildman–Crippen LogP) is -0.486. The number of anilines is 1. The van der Waals surface area contributed by atoms with E-state index in [2.05, 4.69) is 15.9 Å². The molecule has 0 aliphatic carbocycles. The Balaban J connectivity index is 0.00000180. The molecule has 0 spiro atoms. The zero-order valence-corrected chi connectivity index (χ0v) is 13.6. The summed E-state index contributed by atoms with van der Waals surface area (Å²) in [5.74, 6) is 0.674. The molecule has 0 bridgehead atoms. The van der Waals surface area contributed by atoms with Crippen molar-refractivity contribution in [1.29, 1.82) is 0 Å². The van der Waals surface area contributed by atoms with Crippen molar-refractivity contribution in [3.8, 4) is 0 Å². The molecule has 0 radical (unpaired) electrons. The summed E-state index contributed by atoms with van der Waals surface area (Å²) in [6.07, 6.45) is 1.82. The van der Waals surface area contributed by atoms with E-state index in [1.807, 2.05) is 37.4 Å². The van der Waals surface area contributed by atoms with E-state index in [9.17, 15) is 4.79 Å². The van der Waals surface area contributed by atoms with E-state index < -0.39 is 0 Å². The molecule has 0 saturated heterocycles. The van der Waals surface area contributed by atoms with Gasteiger partial charge in [-0.3, -0.25) is 10.5 Å². The summed E-state index contributed by atoms with van der Waals surface area (Å²) in [7, 11) is 0. The molecule has 0 amide bonds. The number of Topliss-reactive ketones (excluding diaryl/α,β-unsaturated/α-hetero) is 1. The maximum absolute atomic E-state index is 12.1. The van der Waals surface area contributed by atoms with Crippen molar-refractivity contribution in [2.75, 3.05) is 5.73 Å². The normalized spacial score (nSPS) is 9.79. The molecule has 3 nitrogen and oxygen atoms in total. The number of aryl methyl sites for hydroxylation is 1. The van der Waals surface area contributed by atoms with E-state index in [0.717, 1.165) is 10.0 Å². The van der Waals surface area contributed by atoms with Crippen LogP contribution in [0.4, 0.5) is 5.82 Å². The number of nitrogens with two attached hydrogens (primary N) is 1. The van der Waals surface area contributed by atoms with Gasteiger partial charge in [-0.25, -0.2) is 4.57 Å². The molecule has 0 aliphatic rings. The second-order valence-corrected chi connectivity index (χ2v) is 5.05. The number of pyridine rings is 1. The molecule has 0 aliphatic heterocycles. The molecule has 19 heavy (non-hydrogen) atoms. The lowest BCUT2D eigenvalue weighted by Gasteiger charge is -2.04. The zero-order valence-electron chi connectivity index (χ0n) is 10.4. The van der Waals surface area contributed by atoms with Gasteiger partial charge in [0.25, 0.3) is 5.82 Å². The fourth-order valence-electron chi connectivity index (χ4n) is 1.70. The van der Waals surface area contributed by atoms with Crippen LogP contribution in [0, 0.1) is 6.92 Å². The fraction of sp³-hybridized carbons (Fsp3) is 0.143. The van der Waals surface area contributed by atoms with Gasteiger partial charge in [0.2, 0.25) is 5.78 Å². The highest BCUT2D eigenvalue weighted by Gasteiger charge is 2.13. The first-order chi connectivity index (χ1) is 8.58. The number of benzene rings is 1. The highest BCUT2D eigenvalue weighted by atomic mass is 79.9. The first-order valence-electron chi connectivity index (χ1n) is 5.61. The van der Waals surface area contributed by atoms with E-state index in [-0.39, 0.29) is 29.3 Å². The molecule has 1 aromatic heterocycles. The number of nitrogens with zero attached hydrogens (tertiary/aromatic N) is 1. The van der Waals surface area contributed by atoms with Crippen molar-refractivity contribution < 1.29 is 26.3 Å². The molecule has 0 atom stereocenters. The van der Waals surface area contributed by atoms with Gasteiger partial charge in [-0.15, -0.1) is 0 Å². The first-order valence-corrected chi connectivity index (χ1v) is 6.40. The number of hydrogen-bond acceptors (Lipinski definition) is 2. The van der Waals surface area contributed by atoms with Crippen molar-refractivity contribution in [3.63, 3.8) is 0 Å². The molecule has 0 fully saturated rings. The van der Waals surface area contributed by atoms with Gasteiger partial charge >= 0.3 is 0 Å². The van der Waals surface area contributed by atoms with Crippen molar-refractivity contribution in [2.45, 2.75) is 13.5 Å². The number of ketones is 1. The van der Waals surface area contributed by atoms with E-state index in [4.69, 9.17) is 5.73 Å². The van der Waals surface area contributed by atoms with Crippen LogP contribution in [0.5, 0.6) is 0 Å². The third-order valence-electron chi connectivity index (χ3n) is 2.81. The van der Waals surface area contributed by atoms with Gasteiger partial charge in [-0.05, 0) is 31.2 Å². The summed E-state index contributed by atoms with van der Waals surface area (Å²) < 4.78 is 2.72. The van der Waals surface area contributed by atoms with Crippen LogP contribution in [0.1, 0.15) is 15.9 Å². The molecule has 1 heterocycles. The van der Waals surface area contributed by atoms with Crippen LogP contribution in [0.25, 0.3) is 0 Å². The lowest BCUT2D eigenvalue weighted by atomic mass is 10.1. The minimum atomic E-state index is 0. The van der Waals surface area contributed by atoms with Crippen molar-refractivity contribution in [1.82, 2.24) is 0 Å². The Labute approximate surface area is 131 Å². The average molecular weight is 386 g/mol. The van der Waals surface area contributed by atoms with Crippen molar-refractivity contribution in [3.05, 3.63) is 58.2 Å². The monoisotopic (exact) mass is 384 g/mol. The third-order valence-corrected chi connectivity index (χ3v) is 3.33. The largest absolute Gasteiger partial charge is 1.00 e. The number of nitrogen functional groups attached to an aromatic ring is 1. The molecule has 2 aromatic rings. The second kappa shape index (κ2) is 6.82. The van der Waals surface area contributed by atoms with Gasteiger partial charge in [-0.1, -0.05) is 28.1 Å². The van der Waals surface area contributed by atoms with Crippen LogP contribution >= 0.6 is 15.9 Å². The van der Waals surface area contributed by atoms with Crippen molar-refractivity contribution >= 4 is 27.5 Å². The molecule has 5 heteroatoms. The Hall–Kier alpha value is -1.20. The summed E-state index contributed by atoms with van der Waals surface area (Å²) in [4.78, 5) is 12.1. The SMILES string of the molecule is Cc1ccc[n+](CC(=O)c2ccc(Br)cc2)c1N.[Br-]. The quantitative estimate of drug-likeness (QED) is 0.572. The Morgan fingerprint density at radius 2 is 1.89 bits per heavy atom. The molecule has 2 rings (SSSR count). The van der Waals surface area contributed by atoms with Gasteiger partial charge in [0.1, 0.15) is 0 Å². The van der Waals surface area contributed by atoms with Crippen LogP contribution < -0.4 is 27.3 Å². The Morgan fingerprint density at radius 3 is 2.53 bits per heavy atom. The highest BCUT2D eigenvalue weighted by molar-refractivity contribution is 9.10. The van der Waals surface area contributed by atoms with Gasteiger partial charge < -0.3 is 17.0 Å². The highest BCUT2D eigenvalue weighted by Crippen LogP contribution is 2.11. The minimum Gasteiger partial charge on any atom is -1.00 e. The first kappa shape index (κ1) is 15.9. The summed E-state index contributed by atoms with van der Waals surface area (Å²) >= 11 is 3.35. The van der Waals surface area contributed by atoms with Gasteiger partial charge in [0, 0.05) is 15.6 Å². The lowest BCUT2D eigenvalue weighted by molar-refractivity contribution is -0.669. The van der Waals surface area contributed by atoms with E-state index in [0.29, 0.717) is 11.4 Å². The molecular weight excluding hydrogens is 372 g/mol. The Morgan fingerprint density at radius 1 is 1.26 bits per heavy atom. The van der Waals surface area contributed by atoms with Crippen LogP contribution in [0.3, 0.4) is 0 Å². The van der Waals surface area contributed by atoms with Gasteiger partial charge in [0.05, 0.1) is 6.20 Å². The van der Waals surface area contributed by atoms with Gasteiger partial charge in [0.15, 0.2) is 6.54 Å². The maximum Gasteiger partial charge on any atom is 0.275 e. The number of rotatable bonds is 3. The third kappa shape index (κ3) is 3.88. The second-order valence-electron chi connectivity index (χ2n) is 4.13. The van der Waals surface area contributed by atoms with Crippen LogP contribution in [-0.2, 0) is 6.54 Å². The fourth-order valence-corrected chi connectivity index (χ4v) is 1.97. The number of hydrogen-bond donors (Lipinski definition) is 1. The molecule has 0 saturated carbocycles. The topological polar surface area (TPSA) is 47.0 Å². The van der Waals surface area contributed by atoms with E-state index in [1.54, 1.807) is 16.7 Å². The number of aromatic nitrogens is 1. The number of carbonyl (C=O) groups is 1. The standard InChI is InChI=1S/C14H13BrN2O.BrH/c1-10-3-2-8-17(14(10)16)9-13(18)11-4-6-12(15)7-5-11;/h2-8,16H,9H2,1H3;1H. The summed E-state index contributed by atoms with van der Waals surface area (Å²) in [5.41, 5.74) is 7.60. The van der Waals surface area contributed by atoms with E-state index in [1.165, 1.54) is 0 Å². The zero-order chi connectivity index (χ0) is 13.1. The molecule has 0 unspecified atom stereocenters. The maximum atomic E-state index is 12.1. The lowest BCUT2D eigenvalue weighted by Crippen LogP contribution is -3.00. The number of carbonyl (C=O) groups excluding carboxylic acids is 1. The molecule has 1 aromatic carbocycles. The molecule has 2 N–H and O–H groups in total. The smallest absolute Gasteiger partial charge is 0.275 e. The van der Waals surface area contributed by atoms with Crippen LogP contribution in [-0.4, -0.2) is 5.78 Å². The van der Waals surface area contributed by atoms with Crippen molar-refractivity contribution in [2.24, 2.45) is 0 Å². The van der Waals surface area contributed by atoms with Crippen LogP contribution in [0.2, 0.25) is 0 Å². The number of halogens is 2. The minimum absolute atomic E-state index is 0. The summed E-state index contributed by atoms with van der Waals surface area (Å²) in [5, 5.41) is 0.